The number of hydrogen-bond donors (Lipinski definition) is 3. The number of nitrogens with one attached hydrogen (secondary N) is 1. The van der Waals surface area contributed by atoms with Crippen molar-refractivity contribution in [1.29, 1.82) is 0 Å². The van der Waals surface area contributed by atoms with Gasteiger partial charge in [0.1, 0.15) is 24.6 Å². The zero-order chi connectivity index (χ0) is 16.2. The first-order valence-corrected chi connectivity index (χ1v) is 5.73. The first kappa shape index (κ1) is 16.3. The summed E-state index contributed by atoms with van der Waals surface area (Å²) in [6.45, 7) is -0.181. The molecule has 0 fully saturated rings. The third-order valence-electron chi connectivity index (χ3n) is 2.48. The average Bonchev–Trinajstić information content (AvgIpc) is 2.37. The SMILES string of the molecule is Cc1ccc(F)c(NC(=O)N(CC(N)=O)CC(=O)O)c1F. The molecule has 0 radical (unpaired) electrons. The molecule has 0 aliphatic heterocycles. The van der Waals surface area contributed by atoms with E-state index in [0.29, 0.717) is 4.90 Å². The van der Waals surface area contributed by atoms with Gasteiger partial charge in [0.2, 0.25) is 5.91 Å². The minimum atomic E-state index is -1.41. The van der Waals surface area contributed by atoms with Crippen molar-refractivity contribution < 1.29 is 28.3 Å². The van der Waals surface area contributed by atoms with Crippen LogP contribution >= 0.6 is 0 Å². The number of nitrogens with two attached hydrogens (primary N) is 1. The smallest absolute Gasteiger partial charge is 0.323 e. The van der Waals surface area contributed by atoms with Crippen LogP contribution in [-0.2, 0) is 9.59 Å². The Morgan fingerprint density at radius 1 is 1.29 bits per heavy atom. The molecule has 0 bridgehead atoms. The fraction of sp³-hybridized carbons (Fsp3) is 0.250. The summed E-state index contributed by atoms with van der Waals surface area (Å²) in [6, 6.07) is 0.974. The number of primary amides is 1. The van der Waals surface area contributed by atoms with Gasteiger partial charge in [0.25, 0.3) is 0 Å². The summed E-state index contributed by atoms with van der Waals surface area (Å²) < 4.78 is 27.2. The van der Waals surface area contributed by atoms with Gasteiger partial charge in [-0.15, -0.1) is 0 Å². The molecule has 3 amide bonds. The molecule has 9 heteroatoms. The molecule has 0 saturated carbocycles. The first-order chi connectivity index (χ1) is 9.72. The van der Waals surface area contributed by atoms with Crippen LogP contribution in [0.4, 0.5) is 19.3 Å². The number of amides is 3. The van der Waals surface area contributed by atoms with Gasteiger partial charge >= 0.3 is 12.0 Å². The summed E-state index contributed by atoms with van der Waals surface area (Å²) >= 11 is 0. The highest BCUT2D eigenvalue weighted by atomic mass is 19.1. The fourth-order valence-corrected chi connectivity index (χ4v) is 1.51. The maximum atomic E-state index is 13.7. The molecule has 0 aliphatic rings. The minimum absolute atomic E-state index is 0.0892. The second-order valence-corrected chi connectivity index (χ2v) is 4.20. The van der Waals surface area contributed by atoms with E-state index in [2.05, 4.69) is 0 Å². The number of carbonyl (C=O) groups excluding carboxylic acids is 2. The predicted molar refractivity (Wildman–Crippen MR) is 68.5 cm³/mol. The van der Waals surface area contributed by atoms with Crippen LogP contribution in [0, 0.1) is 18.6 Å². The Hall–Kier alpha value is -2.71. The molecule has 0 aromatic heterocycles. The zero-order valence-electron chi connectivity index (χ0n) is 11.0. The van der Waals surface area contributed by atoms with Crippen LogP contribution in [0.1, 0.15) is 5.56 Å². The Balaban J connectivity index is 2.98. The van der Waals surface area contributed by atoms with Gasteiger partial charge in [0, 0.05) is 0 Å². The van der Waals surface area contributed by atoms with Crippen molar-refractivity contribution in [2.24, 2.45) is 5.73 Å². The highest BCUT2D eigenvalue weighted by molar-refractivity contribution is 5.94. The van der Waals surface area contributed by atoms with Crippen LogP contribution in [0.25, 0.3) is 0 Å². The first-order valence-electron chi connectivity index (χ1n) is 5.73. The molecule has 4 N–H and O–H groups in total. The molecule has 114 valence electrons. The van der Waals surface area contributed by atoms with Crippen LogP contribution in [0.2, 0.25) is 0 Å². The Morgan fingerprint density at radius 3 is 2.43 bits per heavy atom. The molecule has 0 heterocycles. The van der Waals surface area contributed by atoms with Gasteiger partial charge in [-0.3, -0.25) is 9.59 Å². The monoisotopic (exact) mass is 301 g/mol. The quantitative estimate of drug-likeness (QED) is 0.742. The van der Waals surface area contributed by atoms with Gasteiger partial charge in [-0.2, -0.15) is 0 Å². The van der Waals surface area contributed by atoms with Crippen molar-refractivity contribution in [1.82, 2.24) is 4.90 Å². The molecule has 0 aliphatic carbocycles. The zero-order valence-corrected chi connectivity index (χ0v) is 11.0. The van der Waals surface area contributed by atoms with Gasteiger partial charge in [-0.1, -0.05) is 6.07 Å². The van der Waals surface area contributed by atoms with Crippen molar-refractivity contribution in [3.8, 4) is 0 Å². The lowest BCUT2D eigenvalue weighted by Gasteiger charge is -2.20. The van der Waals surface area contributed by atoms with Gasteiger partial charge in [-0.05, 0) is 18.6 Å². The molecule has 0 atom stereocenters. The topological polar surface area (TPSA) is 113 Å². The Labute approximate surface area is 118 Å². The summed E-state index contributed by atoms with van der Waals surface area (Å²) in [5.41, 5.74) is 4.25. The molecule has 1 rings (SSSR count). The summed E-state index contributed by atoms with van der Waals surface area (Å²) in [4.78, 5) is 33.7. The van der Waals surface area contributed by atoms with E-state index in [9.17, 15) is 23.2 Å². The predicted octanol–water partition coefficient (Wildman–Crippen LogP) is 0.677. The van der Waals surface area contributed by atoms with Crippen molar-refractivity contribution in [3.63, 3.8) is 0 Å². The largest absolute Gasteiger partial charge is 0.480 e. The number of carboxylic acids is 1. The van der Waals surface area contributed by atoms with E-state index in [1.807, 2.05) is 5.32 Å². The highest BCUT2D eigenvalue weighted by Crippen LogP contribution is 2.21. The Kier molecular flexibility index (Phi) is 5.17. The van der Waals surface area contributed by atoms with Crippen LogP contribution in [0.15, 0.2) is 12.1 Å². The van der Waals surface area contributed by atoms with E-state index in [0.717, 1.165) is 6.07 Å². The van der Waals surface area contributed by atoms with Crippen molar-refractivity contribution in [3.05, 3.63) is 29.3 Å². The molecule has 7 nitrogen and oxygen atoms in total. The number of carbonyl (C=O) groups is 3. The summed E-state index contributed by atoms with van der Waals surface area (Å²) in [7, 11) is 0. The van der Waals surface area contributed by atoms with E-state index >= 15 is 0 Å². The Bertz CT molecular complexity index is 576. The van der Waals surface area contributed by atoms with E-state index in [1.54, 1.807) is 0 Å². The number of urea groups is 1. The lowest BCUT2D eigenvalue weighted by Crippen LogP contribution is -2.44. The second-order valence-electron chi connectivity index (χ2n) is 4.20. The van der Waals surface area contributed by atoms with Crippen molar-refractivity contribution in [2.45, 2.75) is 6.92 Å². The molecule has 0 unspecified atom stereocenters. The van der Waals surface area contributed by atoms with E-state index in [1.165, 1.54) is 13.0 Å². The number of aliphatic carboxylic acids is 1. The van der Waals surface area contributed by atoms with Gasteiger partial charge in [-0.25, -0.2) is 13.6 Å². The Morgan fingerprint density at radius 2 is 1.90 bits per heavy atom. The normalized spacial score (nSPS) is 10.0. The van der Waals surface area contributed by atoms with Crippen molar-refractivity contribution >= 4 is 23.6 Å². The average molecular weight is 301 g/mol. The van der Waals surface area contributed by atoms with Gasteiger partial charge in [0.15, 0.2) is 5.82 Å². The molecule has 0 saturated heterocycles. The molecular formula is C12H13F2N3O4. The molecule has 21 heavy (non-hydrogen) atoms. The van der Waals surface area contributed by atoms with Crippen LogP contribution in [0.3, 0.4) is 0 Å². The highest BCUT2D eigenvalue weighted by Gasteiger charge is 2.22. The summed E-state index contributed by atoms with van der Waals surface area (Å²) in [6.07, 6.45) is 0. The van der Waals surface area contributed by atoms with E-state index < -0.39 is 48.3 Å². The molecule has 1 aromatic rings. The number of aryl methyl sites for hydroxylation is 1. The van der Waals surface area contributed by atoms with Gasteiger partial charge < -0.3 is 21.1 Å². The lowest BCUT2D eigenvalue weighted by molar-refractivity contribution is -0.137. The number of nitrogens with zero attached hydrogens (tertiary/aromatic N) is 1. The van der Waals surface area contributed by atoms with Crippen LogP contribution in [0.5, 0.6) is 0 Å². The molecule has 0 spiro atoms. The fourth-order valence-electron chi connectivity index (χ4n) is 1.51. The molecule has 1 aromatic carbocycles. The van der Waals surface area contributed by atoms with Crippen LogP contribution in [-0.4, -0.2) is 41.0 Å². The summed E-state index contributed by atoms with van der Waals surface area (Å²) in [5, 5.41) is 10.5. The number of rotatable bonds is 5. The van der Waals surface area contributed by atoms with Crippen LogP contribution < -0.4 is 11.1 Å². The number of benzene rings is 1. The summed E-state index contributed by atoms with van der Waals surface area (Å²) in [5.74, 6) is -4.38. The van der Waals surface area contributed by atoms with Gasteiger partial charge in [0.05, 0.1) is 0 Å². The lowest BCUT2D eigenvalue weighted by atomic mass is 10.2. The third-order valence-corrected chi connectivity index (χ3v) is 2.48. The number of anilines is 1. The van der Waals surface area contributed by atoms with E-state index in [-0.39, 0.29) is 5.56 Å². The van der Waals surface area contributed by atoms with E-state index in [4.69, 9.17) is 10.8 Å². The molecular weight excluding hydrogens is 288 g/mol. The minimum Gasteiger partial charge on any atom is -0.480 e. The second kappa shape index (κ2) is 6.64. The number of hydrogen-bond acceptors (Lipinski definition) is 3. The number of carboxylic acid groups (broad SMARTS) is 1. The maximum absolute atomic E-state index is 13.7. The third kappa shape index (κ3) is 4.41. The standard InChI is InChI=1S/C12H13F2N3O4/c1-6-2-3-7(13)11(10(6)14)16-12(21)17(4-8(15)18)5-9(19)20/h2-3H,4-5H2,1H3,(H2,15,18)(H,16,21)(H,19,20). The maximum Gasteiger partial charge on any atom is 0.323 e. The number of halogens is 2. The van der Waals surface area contributed by atoms with Crippen molar-refractivity contribution in [2.75, 3.05) is 18.4 Å².